The molecule has 86 valence electrons. The zero-order valence-corrected chi connectivity index (χ0v) is 9.78. The van der Waals surface area contributed by atoms with Gasteiger partial charge in [-0.1, -0.05) is 6.07 Å². The molecular formula is C12H16N2O2. The molecule has 0 bridgehead atoms. The van der Waals surface area contributed by atoms with E-state index in [4.69, 9.17) is 4.74 Å². The number of nitrogens with one attached hydrogen (secondary N) is 1. The van der Waals surface area contributed by atoms with Gasteiger partial charge < -0.3 is 9.64 Å². The largest absolute Gasteiger partial charge is 0.362 e. The highest BCUT2D eigenvalue weighted by atomic mass is 16.5. The van der Waals surface area contributed by atoms with Crippen molar-refractivity contribution in [1.29, 1.82) is 0 Å². The van der Waals surface area contributed by atoms with Gasteiger partial charge in [0.15, 0.2) is 0 Å². The maximum absolute atomic E-state index is 11.5. The van der Waals surface area contributed by atoms with Gasteiger partial charge in [-0.25, -0.2) is 0 Å². The Bertz CT molecular complexity index is 413. The smallest absolute Gasteiger partial charge is 0.231 e. The van der Waals surface area contributed by atoms with Crippen molar-refractivity contribution in [3.8, 4) is 0 Å². The Morgan fingerprint density at radius 2 is 2.25 bits per heavy atom. The second kappa shape index (κ2) is 4.23. The Balaban J connectivity index is 2.35. The number of carbonyl (C=O) groups excluding carboxylic acids is 1. The SMILES string of the molecule is CNC(OC)c1ccc2c(c1)CC(=O)N2C. The van der Waals surface area contributed by atoms with Crippen LogP contribution in [0.4, 0.5) is 5.69 Å². The van der Waals surface area contributed by atoms with Crippen molar-refractivity contribution in [2.45, 2.75) is 12.6 Å². The van der Waals surface area contributed by atoms with Crippen LogP contribution in [0, 0.1) is 0 Å². The van der Waals surface area contributed by atoms with Crippen molar-refractivity contribution < 1.29 is 9.53 Å². The zero-order chi connectivity index (χ0) is 11.7. The van der Waals surface area contributed by atoms with Crippen molar-refractivity contribution >= 4 is 11.6 Å². The van der Waals surface area contributed by atoms with Gasteiger partial charge in [0.05, 0.1) is 6.42 Å². The number of carbonyl (C=O) groups is 1. The van der Waals surface area contributed by atoms with E-state index in [9.17, 15) is 4.79 Å². The third kappa shape index (κ3) is 1.70. The molecule has 2 rings (SSSR count). The molecule has 1 unspecified atom stereocenters. The third-order valence-electron chi connectivity index (χ3n) is 2.98. The maximum atomic E-state index is 11.5. The van der Waals surface area contributed by atoms with Crippen LogP contribution < -0.4 is 10.2 Å². The summed E-state index contributed by atoms with van der Waals surface area (Å²) >= 11 is 0. The molecule has 1 heterocycles. The van der Waals surface area contributed by atoms with Crippen LogP contribution in [0.1, 0.15) is 17.4 Å². The van der Waals surface area contributed by atoms with E-state index in [1.165, 1.54) is 0 Å². The van der Waals surface area contributed by atoms with Gasteiger partial charge in [0.2, 0.25) is 5.91 Å². The summed E-state index contributed by atoms with van der Waals surface area (Å²) in [6.07, 6.45) is 0.367. The van der Waals surface area contributed by atoms with Crippen LogP contribution in [0.5, 0.6) is 0 Å². The molecule has 4 heteroatoms. The molecule has 0 radical (unpaired) electrons. The average molecular weight is 220 g/mol. The minimum atomic E-state index is -0.119. The normalized spacial score (nSPS) is 16.4. The molecule has 1 aliphatic heterocycles. The molecule has 0 saturated carbocycles. The van der Waals surface area contributed by atoms with Crippen LogP contribution in [0.2, 0.25) is 0 Å². The van der Waals surface area contributed by atoms with Crippen molar-refractivity contribution in [1.82, 2.24) is 5.32 Å². The van der Waals surface area contributed by atoms with E-state index in [-0.39, 0.29) is 12.1 Å². The van der Waals surface area contributed by atoms with Gasteiger partial charge >= 0.3 is 0 Å². The number of anilines is 1. The lowest BCUT2D eigenvalue weighted by Crippen LogP contribution is -2.20. The molecule has 1 amide bonds. The van der Waals surface area contributed by atoms with Crippen LogP contribution in [0.3, 0.4) is 0 Å². The Morgan fingerprint density at radius 3 is 2.88 bits per heavy atom. The number of likely N-dealkylation sites (N-methyl/N-ethyl adjacent to an activating group) is 1. The second-order valence-corrected chi connectivity index (χ2v) is 3.92. The molecule has 4 nitrogen and oxygen atoms in total. The molecule has 0 spiro atoms. The minimum absolute atomic E-state index is 0.119. The van der Waals surface area contributed by atoms with Gasteiger partial charge in [0.1, 0.15) is 6.23 Å². The molecule has 1 atom stereocenters. The predicted molar refractivity (Wildman–Crippen MR) is 62.4 cm³/mol. The van der Waals surface area contributed by atoms with Crippen molar-refractivity contribution in [3.63, 3.8) is 0 Å². The van der Waals surface area contributed by atoms with E-state index < -0.39 is 0 Å². The molecule has 0 fully saturated rings. The van der Waals surface area contributed by atoms with Crippen LogP contribution in [0.25, 0.3) is 0 Å². The van der Waals surface area contributed by atoms with E-state index in [0.29, 0.717) is 6.42 Å². The van der Waals surface area contributed by atoms with Gasteiger partial charge in [-0.3, -0.25) is 10.1 Å². The predicted octanol–water partition coefficient (Wildman–Crippen LogP) is 1.07. The summed E-state index contributed by atoms with van der Waals surface area (Å²) < 4.78 is 5.29. The Hall–Kier alpha value is -1.39. The van der Waals surface area contributed by atoms with E-state index in [1.54, 1.807) is 19.1 Å². The van der Waals surface area contributed by atoms with Gasteiger partial charge in [-0.05, 0) is 30.3 Å². The maximum Gasteiger partial charge on any atom is 0.231 e. The molecule has 1 N–H and O–H groups in total. The van der Waals surface area contributed by atoms with Gasteiger partial charge in [0.25, 0.3) is 0 Å². The lowest BCUT2D eigenvalue weighted by molar-refractivity contribution is -0.117. The lowest BCUT2D eigenvalue weighted by atomic mass is 10.1. The molecule has 0 saturated heterocycles. The summed E-state index contributed by atoms with van der Waals surface area (Å²) in [6.45, 7) is 0. The first-order valence-electron chi connectivity index (χ1n) is 5.26. The highest BCUT2D eigenvalue weighted by molar-refractivity contribution is 6.00. The lowest BCUT2D eigenvalue weighted by Gasteiger charge is -2.16. The third-order valence-corrected chi connectivity index (χ3v) is 2.98. The fourth-order valence-electron chi connectivity index (χ4n) is 2.07. The van der Waals surface area contributed by atoms with Crippen molar-refractivity contribution in [3.05, 3.63) is 29.3 Å². The van der Waals surface area contributed by atoms with E-state index >= 15 is 0 Å². The highest BCUT2D eigenvalue weighted by Gasteiger charge is 2.24. The van der Waals surface area contributed by atoms with Gasteiger partial charge in [0, 0.05) is 19.8 Å². The first kappa shape index (κ1) is 11.1. The number of amides is 1. The summed E-state index contributed by atoms with van der Waals surface area (Å²) in [5.41, 5.74) is 3.12. The minimum Gasteiger partial charge on any atom is -0.362 e. The van der Waals surface area contributed by atoms with Gasteiger partial charge in [-0.2, -0.15) is 0 Å². The second-order valence-electron chi connectivity index (χ2n) is 3.92. The van der Waals surface area contributed by atoms with Crippen LogP contribution in [-0.4, -0.2) is 27.1 Å². The molecule has 0 aliphatic carbocycles. The van der Waals surface area contributed by atoms with E-state index in [0.717, 1.165) is 16.8 Å². The Morgan fingerprint density at radius 1 is 1.50 bits per heavy atom. The molecule has 1 aromatic carbocycles. The summed E-state index contributed by atoms with van der Waals surface area (Å²) in [5, 5.41) is 3.06. The summed E-state index contributed by atoms with van der Waals surface area (Å²) in [7, 11) is 5.31. The topological polar surface area (TPSA) is 41.6 Å². The van der Waals surface area contributed by atoms with Crippen molar-refractivity contribution in [2.75, 3.05) is 26.1 Å². The van der Waals surface area contributed by atoms with Crippen LogP contribution in [-0.2, 0) is 16.0 Å². The number of methoxy groups -OCH3 is 1. The standard InChI is InChI=1S/C12H16N2O2/c1-13-12(16-3)8-4-5-10-9(6-8)7-11(15)14(10)2/h4-6,12-13H,7H2,1-3H3. The first-order chi connectivity index (χ1) is 7.67. The molecule has 16 heavy (non-hydrogen) atoms. The highest BCUT2D eigenvalue weighted by Crippen LogP contribution is 2.30. The van der Waals surface area contributed by atoms with Crippen molar-refractivity contribution in [2.24, 2.45) is 0 Å². The fourth-order valence-corrected chi connectivity index (χ4v) is 2.07. The summed E-state index contributed by atoms with van der Waals surface area (Å²) in [6, 6.07) is 5.99. The molecule has 0 aromatic heterocycles. The number of hydrogen-bond donors (Lipinski definition) is 1. The number of hydrogen-bond acceptors (Lipinski definition) is 3. The monoisotopic (exact) mass is 220 g/mol. The quantitative estimate of drug-likeness (QED) is 0.775. The Kier molecular flexibility index (Phi) is 2.94. The molecule has 1 aromatic rings. The van der Waals surface area contributed by atoms with Crippen LogP contribution in [0.15, 0.2) is 18.2 Å². The number of rotatable bonds is 3. The fraction of sp³-hybridized carbons (Fsp3) is 0.417. The summed E-state index contributed by atoms with van der Waals surface area (Å²) in [4.78, 5) is 13.2. The number of ether oxygens (including phenoxy) is 1. The Labute approximate surface area is 95.2 Å². The van der Waals surface area contributed by atoms with Gasteiger partial charge in [-0.15, -0.1) is 0 Å². The average Bonchev–Trinajstić information content (AvgIpc) is 2.56. The number of fused-ring (bicyclic) bond motifs is 1. The number of benzene rings is 1. The zero-order valence-electron chi connectivity index (χ0n) is 9.78. The first-order valence-corrected chi connectivity index (χ1v) is 5.26. The van der Waals surface area contributed by atoms with Crippen LogP contribution >= 0.6 is 0 Å². The van der Waals surface area contributed by atoms with E-state index in [1.807, 2.05) is 25.2 Å². The molecular weight excluding hydrogens is 204 g/mol. The number of nitrogens with zero attached hydrogens (tertiary/aromatic N) is 1. The molecule has 1 aliphatic rings. The van der Waals surface area contributed by atoms with E-state index in [2.05, 4.69) is 5.32 Å². The summed E-state index contributed by atoms with van der Waals surface area (Å²) in [5.74, 6) is 0.144.